The maximum Gasteiger partial charge on any atom is 0.0758 e. The molecule has 0 rings (SSSR count). The van der Waals surface area contributed by atoms with Gasteiger partial charge >= 0.3 is 0 Å². The third-order valence-corrected chi connectivity index (χ3v) is 2.26. The average Bonchev–Trinajstić information content (AvgIpc) is 2.33. The molecular weight excluding hydrogens is 208 g/mol. The number of allylic oxidation sites excluding steroid dienone is 6. The molecule has 0 spiro atoms. The van der Waals surface area contributed by atoms with Crippen molar-refractivity contribution in [3.05, 3.63) is 48.6 Å². The topological polar surface area (TPSA) is 20.2 Å². The first kappa shape index (κ1) is 15.9. The number of aliphatic hydroxyl groups excluding tert-OH is 1. The van der Waals surface area contributed by atoms with E-state index in [0.717, 1.165) is 25.7 Å². The van der Waals surface area contributed by atoms with Gasteiger partial charge in [0.15, 0.2) is 0 Å². The Hall–Kier alpha value is -1.08. The molecule has 1 heteroatoms. The Labute approximate surface area is 106 Å². The molecule has 17 heavy (non-hydrogen) atoms. The van der Waals surface area contributed by atoms with Crippen LogP contribution >= 0.6 is 0 Å². The zero-order valence-electron chi connectivity index (χ0n) is 11.2. The second-order valence-electron chi connectivity index (χ2n) is 3.95. The zero-order chi connectivity index (χ0) is 12.8. The number of unbranched alkanes of at least 4 members (excludes halogenated alkanes) is 1. The van der Waals surface area contributed by atoms with Crippen molar-refractivity contribution in [1.82, 2.24) is 0 Å². The number of hydrogen-bond acceptors (Lipinski definition) is 1. The molecule has 0 aliphatic rings. The van der Waals surface area contributed by atoms with E-state index in [4.69, 9.17) is 0 Å². The van der Waals surface area contributed by atoms with E-state index in [-0.39, 0.29) is 6.10 Å². The monoisotopic (exact) mass is 234 g/mol. The predicted molar refractivity (Wildman–Crippen MR) is 77.0 cm³/mol. The van der Waals surface area contributed by atoms with Crippen LogP contribution in [0, 0.1) is 0 Å². The SMILES string of the molecule is CC/C=C\CC(O)/C=C/C=C\CC/C=C/CC. The second-order valence-corrected chi connectivity index (χ2v) is 3.95. The van der Waals surface area contributed by atoms with Gasteiger partial charge in [-0.3, -0.25) is 0 Å². The minimum absolute atomic E-state index is 0.359. The highest BCUT2D eigenvalue weighted by atomic mass is 16.3. The number of rotatable bonds is 9. The van der Waals surface area contributed by atoms with Gasteiger partial charge in [-0.25, -0.2) is 0 Å². The van der Waals surface area contributed by atoms with E-state index in [1.165, 1.54) is 0 Å². The fourth-order valence-electron chi connectivity index (χ4n) is 1.33. The summed E-state index contributed by atoms with van der Waals surface area (Å²) >= 11 is 0. The van der Waals surface area contributed by atoms with Gasteiger partial charge in [-0.05, 0) is 32.1 Å². The molecule has 1 atom stereocenters. The van der Waals surface area contributed by atoms with Crippen LogP contribution in [0.5, 0.6) is 0 Å². The van der Waals surface area contributed by atoms with Gasteiger partial charge in [0, 0.05) is 0 Å². The van der Waals surface area contributed by atoms with Gasteiger partial charge in [-0.15, -0.1) is 0 Å². The summed E-state index contributed by atoms with van der Waals surface area (Å²) in [6.07, 6.45) is 21.0. The summed E-state index contributed by atoms with van der Waals surface area (Å²) in [6, 6.07) is 0. The van der Waals surface area contributed by atoms with Gasteiger partial charge in [0.2, 0.25) is 0 Å². The predicted octanol–water partition coefficient (Wildman–Crippen LogP) is 4.56. The molecule has 96 valence electrons. The van der Waals surface area contributed by atoms with Gasteiger partial charge in [0.1, 0.15) is 0 Å². The lowest BCUT2D eigenvalue weighted by molar-refractivity contribution is 0.227. The highest BCUT2D eigenvalue weighted by Crippen LogP contribution is 1.98. The first-order valence-corrected chi connectivity index (χ1v) is 6.62. The summed E-state index contributed by atoms with van der Waals surface area (Å²) < 4.78 is 0. The fraction of sp³-hybridized carbons (Fsp3) is 0.500. The minimum Gasteiger partial charge on any atom is -0.389 e. The van der Waals surface area contributed by atoms with Crippen molar-refractivity contribution in [3.8, 4) is 0 Å². The second kappa shape index (κ2) is 13.0. The van der Waals surface area contributed by atoms with Crippen molar-refractivity contribution in [2.45, 2.75) is 52.1 Å². The van der Waals surface area contributed by atoms with Crippen LogP contribution in [0.1, 0.15) is 46.0 Å². The Balaban J connectivity index is 3.60. The molecule has 0 aromatic heterocycles. The first-order chi connectivity index (χ1) is 8.31. The maximum atomic E-state index is 9.57. The maximum absolute atomic E-state index is 9.57. The van der Waals surface area contributed by atoms with Crippen LogP contribution in [0.15, 0.2) is 48.6 Å². The molecular formula is C16H26O. The van der Waals surface area contributed by atoms with Crippen LogP contribution in [0.3, 0.4) is 0 Å². The molecule has 0 aromatic carbocycles. The van der Waals surface area contributed by atoms with Crippen LogP contribution in [-0.4, -0.2) is 11.2 Å². The molecule has 1 unspecified atom stereocenters. The van der Waals surface area contributed by atoms with Crippen molar-refractivity contribution in [2.75, 3.05) is 0 Å². The van der Waals surface area contributed by atoms with Gasteiger partial charge in [-0.2, -0.15) is 0 Å². The third kappa shape index (κ3) is 12.9. The van der Waals surface area contributed by atoms with E-state index in [1.54, 1.807) is 0 Å². The summed E-state index contributed by atoms with van der Waals surface area (Å²) in [5.74, 6) is 0. The molecule has 0 radical (unpaired) electrons. The summed E-state index contributed by atoms with van der Waals surface area (Å²) in [5, 5.41) is 9.57. The number of aliphatic hydroxyl groups is 1. The van der Waals surface area contributed by atoms with E-state index >= 15 is 0 Å². The lowest BCUT2D eigenvalue weighted by Crippen LogP contribution is -1.98. The van der Waals surface area contributed by atoms with Crippen molar-refractivity contribution in [2.24, 2.45) is 0 Å². The summed E-state index contributed by atoms with van der Waals surface area (Å²) in [4.78, 5) is 0. The number of hydrogen-bond donors (Lipinski definition) is 1. The van der Waals surface area contributed by atoms with Gasteiger partial charge in [-0.1, -0.05) is 62.5 Å². The van der Waals surface area contributed by atoms with Gasteiger partial charge < -0.3 is 5.11 Å². The molecule has 0 heterocycles. The smallest absolute Gasteiger partial charge is 0.0758 e. The van der Waals surface area contributed by atoms with Crippen LogP contribution in [0.2, 0.25) is 0 Å². The quantitative estimate of drug-likeness (QED) is 0.352. The molecule has 0 saturated heterocycles. The van der Waals surface area contributed by atoms with E-state index in [0.29, 0.717) is 6.42 Å². The highest BCUT2D eigenvalue weighted by molar-refractivity contribution is 5.06. The van der Waals surface area contributed by atoms with E-state index in [2.05, 4.69) is 38.2 Å². The van der Waals surface area contributed by atoms with E-state index in [1.807, 2.05) is 24.3 Å². The van der Waals surface area contributed by atoms with E-state index in [9.17, 15) is 5.11 Å². The van der Waals surface area contributed by atoms with Crippen molar-refractivity contribution in [1.29, 1.82) is 0 Å². The van der Waals surface area contributed by atoms with Crippen LogP contribution in [0.4, 0.5) is 0 Å². The standard InChI is InChI=1S/C16H26O/c1-3-5-7-8-9-10-11-13-15-16(17)14-12-6-4-2/h5-7,10-13,15-17H,3-4,8-9,14H2,1-2H3/b7-5+,11-10-,12-6-,15-13+. The fourth-order valence-corrected chi connectivity index (χ4v) is 1.33. The average molecular weight is 234 g/mol. The Bertz CT molecular complexity index is 259. The van der Waals surface area contributed by atoms with Crippen LogP contribution in [-0.2, 0) is 0 Å². The third-order valence-electron chi connectivity index (χ3n) is 2.26. The highest BCUT2D eigenvalue weighted by Gasteiger charge is 1.92. The summed E-state index contributed by atoms with van der Waals surface area (Å²) in [7, 11) is 0. The Morgan fingerprint density at radius 2 is 1.47 bits per heavy atom. The van der Waals surface area contributed by atoms with Crippen molar-refractivity contribution in [3.63, 3.8) is 0 Å². The summed E-state index contributed by atoms with van der Waals surface area (Å²) in [5.41, 5.74) is 0. The largest absolute Gasteiger partial charge is 0.389 e. The normalized spacial score (nSPS) is 14.8. The zero-order valence-corrected chi connectivity index (χ0v) is 11.2. The van der Waals surface area contributed by atoms with E-state index < -0.39 is 0 Å². The molecule has 0 saturated carbocycles. The molecule has 1 nitrogen and oxygen atoms in total. The molecule has 0 amide bonds. The summed E-state index contributed by atoms with van der Waals surface area (Å²) in [6.45, 7) is 4.23. The molecule has 0 aromatic rings. The van der Waals surface area contributed by atoms with Crippen LogP contribution < -0.4 is 0 Å². The van der Waals surface area contributed by atoms with Crippen LogP contribution in [0.25, 0.3) is 0 Å². The molecule has 1 N–H and O–H groups in total. The van der Waals surface area contributed by atoms with Crippen molar-refractivity contribution < 1.29 is 5.11 Å². The Kier molecular flexibility index (Phi) is 12.2. The Morgan fingerprint density at radius 3 is 2.18 bits per heavy atom. The molecule has 0 aliphatic carbocycles. The molecule has 0 fully saturated rings. The molecule has 0 bridgehead atoms. The van der Waals surface area contributed by atoms with Gasteiger partial charge in [0.25, 0.3) is 0 Å². The van der Waals surface area contributed by atoms with Crippen molar-refractivity contribution >= 4 is 0 Å². The Morgan fingerprint density at radius 1 is 0.824 bits per heavy atom. The molecule has 0 aliphatic heterocycles. The lowest BCUT2D eigenvalue weighted by Gasteiger charge is -1.98. The lowest BCUT2D eigenvalue weighted by atomic mass is 10.2. The minimum atomic E-state index is -0.359. The first-order valence-electron chi connectivity index (χ1n) is 6.62. The van der Waals surface area contributed by atoms with Gasteiger partial charge in [0.05, 0.1) is 6.10 Å².